The Balaban J connectivity index is 2.43. The van der Waals surface area contributed by atoms with Crippen LogP contribution in [0.1, 0.15) is 26.3 Å². The van der Waals surface area contributed by atoms with Crippen LogP contribution < -0.4 is 5.32 Å². The average molecular weight is 314 g/mol. The van der Waals surface area contributed by atoms with Gasteiger partial charge >= 0.3 is 6.09 Å². The van der Waals surface area contributed by atoms with Gasteiger partial charge in [-0.1, -0.05) is 30.3 Å². The minimum atomic E-state index is -0.940. The lowest BCUT2D eigenvalue weighted by Crippen LogP contribution is -2.44. The van der Waals surface area contributed by atoms with Gasteiger partial charge in [0.25, 0.3) is 0 Å². The number of carbonyl (C=O) groups is 2. The zero-order valence-corrected chi connectivity index (χ0v) is 13.1. The van der Waals surface area contributed by atoms with Crippen molar-refractivity contribution in [2.45, 2.75) is 39.0 Å². The van der Waals surface area contributed by atoms with E-state index in [9.17, 15) is 9.59 Å². The van der Waals surface area contributed by atoms with E-state index in [1.54, 1.807) is 20.8 Å². The molecular weight excluding hydrogens is 294 g/mol. The van der Waals surface area contributed by atoms with Crippen molar-refractivity contribution in [1.82, 2.24) is 5.32 Å². The van der Waals surface area contributed by atoms with E-state index in [4.69, 9.17) is 21.1 Å². The Kier molecular flexibility index (Phi) is 6.65. The zero-order valence-electron chi connectivity index (χ0n) is 12.4. The molecule has 0 aliphatic rings. The van der Waals surface area contributed by atoms with E-state index in [2.05, 4.69) is 5.32 Å². The van der Waals surface area contributed by atoms with Crippen LogP contribution in [0.4, 0.5) is 4.79 Å². The Bertz CT molecular complexity index is 470. The third kappa shape index (κ3) is 7.68. The van der Waals surface area contributed by atoms with Gasteiger partial charge in [0, 0.05) is 0 Å². The van der Waals surface area contributed by atoms with Crippen molar-refractivity contribution in [3.05, 3.63) is 35.9 Å². The largest absolute Gasteiger partial charge is 0.444 e. The third-order valence-electron chi connectivity index (χ3n) is 2.36. The molecule has 0 radical (unpaired) electrons. The molecule has 1 rings (SSSR count). The van der Waals surface area contributed by atoms with Crippen LogP contribution in [0.3, 0.4) is 0 Å². The van der Waals surface area contributed by atoms with Crippen LogP contribution in [0, 0.1) is 0 Å². The fourth-order valence-electron chi connectivity index (χ4n) is 1.48. The Labute approximate surface area is 129 Å². The van der Waals surface area contributed by atoms with E-state index in [0.717, 1.165) is 5.56 Å². The van der Waals surface area contributed by atoms with Crippen molar-refractivity contribution in [3.63, 3.8) is 0 Å². The van der Waals surface area contributed by atoms with Gasteiger partial charge in [-0.25, -0.2) is 4.79 Å². The molecule has 5 nitrogen and oxygen atoms in total. The highest BCUT2D eigenvalue weighted by atomic mass is 35.5. The lowest BCUT2D eigenvalue weighted by molar-refractivity contribution is -0.115. The van der Waals surface area contributed by atoms with Crippen LogP contribution in [0.25, 0.3) is 0 Å². The highest BCUT2D eigenvalue weighted by molar-refractivity contribution is 6.64. The summed E-state index contributed by atoms with van der Waals surface area (Å²) < 4.78 is 10.5. The van der Waals surface area contributed by atoms with Crippen LogP contribution in [-0.2, 0) is 20.9 Å². The van der Waals surface area contributed by atoms with Gasteiger partial charge in [0.2, 0.25) is 5.24 Å². The first-order chi connectivity index (χ1) is 9.78. The molecule has 1 amide bonds. The number of halogens is 1. The number of alkyl carbamates (subject to hydrolysis) is 1. The summed E-state index contributed by atoms with van der Waals surface area (Å²) >= 11 is 5.45. The van der Waals surface area contributed by atoms with E-state index < -0.39 is 23.0 Å². The van der Waals surface area contributed by atoms with Crippen molar-refractivity contribution in [3.8, 4) is 0 Å². The molecule has 0 fully saturated rings. The summed E-state index contributed by atoms with van der Waals surface area (Å²) in [4.78, 5) is 22.9. The molecule has 0 heterocycles. The Morgan fingerprint density at radius 3 is 2.38 bits per heavy atom. The maximum atomic E-state index is 11.6. The van der Waals surface area contributed by atoms with E-state index in [1.165, 1.54) is 0 Å². The van der Waals surface area contributed by atoms with Crippen molar-refractivity contribution in [2.24, 2.45) is 0 Å². The maximum absolute atomic E-state index is 11.6. The van der Waals surface area contributed by atoms with Crippen molar-refractivity contribution in [1.29, 1.82) is 0 Å². The van der Waals surface area contributed by atoms with Crippen LogP contribution in [0.5, 0.6) is 0 Å². The summed E-state index contributed by atoms with van der Waals surface area (Å²) in [5.41, 5.74) is 0.324. The molecule has 1 aromatic rings. The fraction of sp³-hybridized carbons (Fsp3) is 0.467. The number of benzene rings is 1. The van der Waals surface area contributed by atoms with Crippen LogP contribution in [0.2, 0.25) is 0 Å². The quantitative estimate of drug-likeness (QED) is 0.820. The standard InChI is InChI=1S/C15H20ClNO4/c1-15(2,3)21-14(19)17-12(13(16)18)10-20-9-11-7-5-4-6-8-11/h4-8,12H,9-10H2,1-3H3,(H,17,19)/t12-/m0/s1. The molecule has 0 saturated heterocycles. The van der Waals surface area contributed by atoms with Crippen LogP contribution in [0.15, 0.2) is 30.3 Å². The Morgan fingerprint density at radius 2 is 1.86 bits per heavy atom. The van der Waals surface area contributed by atoms with Crippen molar-refractivity contribution < 1.29 is 19.1 Å². The molecule has 0 aliphatic heterocycles. The summed E-state index contributed by atoms with van der Waals surface area (Å²) in [6.07, 6.45) is -0.704. The highest BCUT2D eigenvalue weighted by Gasteiger charge is 2.23. The highest BCUT2D eigenvalue weighted by Crippen LogP contribution is 2.08. The molecule has 0 unspecified atom stereocenters. The number of amides is 1. The topological polar surface area (TPSA) is 64.6 Å². The summed E-state index contributed by atoms with van der Waals surface area (Å²) in [7, 11) is 0. The molecule has 0 saturated carbocycles. The second-order valence-electron chi connectivity index (χ2n) is 5.50. The fourth-order valence-corrected chi connectivity index (χ4v) is 1.60. The lowest BCUT2D eigenvalue weighted by Gasteiger charge is -2.22. The molecule has 116 valence electrons. The van der Waals surface area contributed by atoms with Gasteiger partial charge in [0.05, 0.1) is 13.2 Å². The second-order valence-corrected chi connectivity index (χ2v) is 5.88. The van der Waals surface area contributed by atoms with Gasteiger partial charge in [-0.3, -0.25) is 4.79 Å². The predicted molar refractivity (Wildman–Crippen MR) is 80.1 cm³/mol. The summed E-state index contributed by atoms with van der Waals surface area (Å²) in [6, 6.07) is 8.55. The summed E-state index contributed by atoms with van der Waals surface area (Å²) in [5, 5.41) is 1.69. The number of nitrogens with one attached hydrogen (secondary N) is 1. The molecule has 1 aromatic carbocycles. The first kappa shape index (κ1) is 17.5. The minimum absolute atomic E-state index is 0.0174. The number of carbonyl (C=O) groups excluding carboxylic acids is 2. The van der Waals surface area contributed by atoms with Gasteiger partial charge in [0.1, 0.15) is 11.6 Å². The first-order valence-electron chi connectivity index (χ1n) is 6.58. The molecule has 1 atom stereocenters. The van der Waals surface area contributed by atoms with Gasteiger partial charge in [-0.05, 0) is 37.9 Å². The number of ether oxygens (including phenoxy) is 2. The summed E-state index contributed by atoms with van der Waals surface area (Å²) in [5.74, 6) is 0. The third-order valence-corrected chi connectivity index (χ3v) is 2.62. The Hall–Kier alpha value is -1.59. The molecule has 0 spiro atoms. The van der Waals surface area contributed by atoms with E-state index in [-0.39, 0.29) is 6.61 Å². The van der Waals surface area contributed by atoms with E-state index >= 15 is 0 Å². The monoisotopic (exact) mass is 313 g/mol. The first-order valence-corrected chi connectivity index (χ1v) is 6.96. The van der Waals surface area contributed by atoms with Gasteiger partial charge in [-0.15, -0.1) is 0 Å². The molecule has 0 aliphatic carbocycles. The second kappa shape index (κ2) is 8.00. The van der Waals surface area contributed by atoms with Crippen molar-refractivity contribution in [2.75, 3.05) is 6.61 Å². The maximum Gasteiger partial charge on any atom is 0.408 e. The number of hydrogen-bond donors (Lipinski definition) is 1. The van der Waals surface area contributed by atoms with E-state index in [1.807, 2.05) is 30.3 Å². The Morgan fingerprint density at radius 1 is 1.24 bits per heavy atom. The van der Waals surface area contributed by atoms with Gasteiger partial charge < -0.3 is 14.8 Å². The summed E-state index contributed by atoms with van der Waals surface area (Å²) in [6.45, 7) is 5.51. The van der Waals surface area contributed by atoms with Crippen LogP contribution >= 0.6 is 11.6 Å². The molecule has 21 heavy (non-hydrogen) atoms. The molecule has 0 bridgehead atoms. The van der Waals surface area contributed by atoms with E-state index in [0.29, 0.717) is 6.61 Å². The zero-order chi connectivity index (χ0) is 15.9. The molecule has 0 aromatic heterocycles. The lowest BCUT2D eigenvalue weighted by atomic mass is 10.2. The van der Waals surface area contributed by atoms with Gasteiger partial charge in [-0.2, -0.15) is 0 Å². The van der Waals surface area contributed by atoms with Crippen LogP contribution in [-0.4, -0.2) is 29.6 Å². The average Bonchev–Trinajstić information content (AvgIpc) is 2.36. The molecular formula is C15H20ClNO4. The molecule has 1 N–H and O–H groups in total. The van der Waals surface area contributed by atoms with Gasteiger partial charge in [0.15, 0.2) is 0 Å². The smallest absolute Gasteiger partial charge is 0.408 e. The predicted octanol–water partition coefficient (Wildman–Crippen LogP) is 2.86. The molecule has 6 heteroatoms. The SMILES string of the molecule is CC(C)(C)OC(=O)N[C@@H](COCc1ccccc1)C(=O)Cl. The number of hydrogen-bond acceptors (Lipinski definition) is 4. The van der Waals surface area contributed by atoms with Crippen molar-refractivity contribution >= 4 is 22.9 Å². The normalized spacial score (nSPS) is 12.6. The minimum Gasteiger partial charge on any atom is -0.444 e. The number of rotatable bonds is 6.